The maximum atomic E-state index is 12.4. The first-order valence-corrected chi connectivity index (χ1v) is 8.41. The van der Waals surface area contributed by atoms with E-state index in [-0.39, 0.29) is 12.3 Å². The molecular formula is C19H20N2O3. The smallest absolute Gasteiger partial charge is 0.228 e. The Labute approximate surface area is 140 Å². The molecule has 1 fully saturated rings. The fourth-order valence-electron chi connectivity index (χ4n) is 3.30. The van der Waals surface area contributed by atoms with Crippen molar-refractivity contribution < 1.29 is 13.7 Å². The topological polar surface area (TPSA) is 59.5 Å². The molecule has 124 valence electrons. The van der Waals surface area contributed by atoms with Gasteiger partial charge in [0.25, 0.3) is 0 Å². The SMILES string of the molecule is CC1CCCN(C(=O)Cc2cc(-c3cc4ccccc4o3)on2)C1. The van der Waals surface area contributed by atoms with Gasteiger partial charge in [0, 0.05) is 24.5 Å². The van der Waals surface area contributed by atoms with Crippen LogP contribution in [0.2, 0.25) is 0 Å². The highest BCUT2D eigenvalue weighted by Crippen LogP contribution is 2.28. The van der Waals surface area contributed by atoms with Crippen molar-refractivity contribution in [3.05, 3.63) is 42.1 Å². The van der Waals surface area contributed by atoms with E-state index in [4.69, 9.17) is 8.94 Å². The van der Waals surface area contributed by atoms with Crippen LogP contribution in [0.3, 0.4) is 0 Å². The molecule has 1 unspecified atom stereocenters. The van der Waals surface area contributed by atoms with Crippen molar-refractivity contribution in [1.82, 2.24) is 10.1 Å². The van der Waals surface area contributed by atoms with Gasteiger partial charge >= 0.3 is 0 Å². The third kappa shape index (κ3) is 2.94. The number of aromatic nitrogens is 1. The highest BCUT2D eigenvalue weighted by Gasteiger charge is 2.22. The van der Waals surface area contributed by atoms with Crippen LogP contribution in [0.15, 0.2) is 45.3 Å². The van der Waals surface area contributed by atoms with Crippen LogP contribution in [0.25, 0.3) is 22.5 Å². The molecule has 1 aliphatic rings. The summed E-state index contributed by atoms with van der Waals surface area (Å²) in [5.41, 5.74) is 1.46. The minimum atomic E-state index is 0.117. The normalized spacial score (nSPS) is 18.2. The molecule has 0 aliphatic carbocycles. The summed E-state index contributed by atoms with van der Waals surface area (Å²) < 4.78 is 11.1. The third-order valence-corrected chi connectivity index (χ3v) is 4.57. The van der Waals surface area contributed by atoms with Crippen molar-refractivity contribution in [3.63, 3.8) is 0 Å². The van der Waals surface area contributed by atoms with Crippen LogP contribution in [0, 0.1) is 5.92 Å². The Hall–Kier alpha value is -2.56. The van der Waals surface area contributed by atoms with E-state index in [0.717, 1.165) is 30.5 Å². The predicted molar refractivity (Wildman–Crippen MR) is 90.4 cm³/mol. The van der Waals surface area contributed by atoms with Gasteiger partial charge in [0.2, 0.25) is 11.7 Å². The van der Waals surface area contributed by atoms with Gasteiger partial charge in [-0.15, -0.1) is 0 Å². The molecule has 1 aromatic carbocycles. The average Bonchev–Trinajstić information content (AvgIpc) is 3.21. The number of amides is 1. The van der Waals surface area contributed by atoms with E-state index < -0.39 is 0 Å². The summed E-state index contributed by atoms with van der Waals surface area (Å²) in [6.07, 6.45) is 2.55. The lowest BCUT2D eigenvalue weighted by atomic mass is 10.00. The highest BCUT2D eigenvalue weighted by atomic mass is 16.5. The van der Waals surface area contributed by atoms with E-state index in [1.165, 1.54) is 6.42 Å². The van der Waals surface area contributed by atoms with E-state index in [1.54, 1.807) is 6.07 Å². The van der Waals surface area contributed by atoms with Gasteiger partial charge in [0.1, 0.15) is 5.58 Å². The quantitative estimate of drug-likeness (QED) is 0.733. The second kappa shape index (κ2) is 6.15. The molecule has 3 aromatic rings. The monoisotopic (exact) mass is 324 g/mol. The Kier molecular flexibility index (Phi) is 3.84. The Morgan fingerprint density at radius 3 is 3.00 bits per heavy atom. The first-order chi connectivity index (χ1) is 11.7. The van der Waals surface area contributed by atoms with Crippen LogP contribution >= 0.6 is 0 Å². The zero-order chi connectivity index (χ0) is 16.5. The standard InChI is InChI=1S/C19H20N2O3/c1-13-5-4-8-21(12-13)19(22)11-15-10-18(24-20-15)17-9-14-6-2-3-7-16(14)23-17/h2-3,6-7,9-10,13H,4-5,8,11-12H2,1H3. The molecule has 1 atom stereocenters. The summed E-state index contributed by atoms with van der Waals surface area (Å²) in [5.74, 6) is 1.88. The number of piperidine rings is 1. The molecule has 5 nitrogen and oxygen atoms in total. The van der Waals surface area contributed by atoms with E-state index >= 15 is 0 Å². The van der Waals surface area contributed by atoms with Gasteiger partial charge in [0.05, 0.1) is 12.1 Å². The third-order valence-electron chi connectivity index (χ3n) is 4.57. The van der Waals surface area contributed by atoms with Crippen molar-refractivity contribution in [3.8, 4) is 11.5 Å². The zero-order valence-electron chi connectivity index (χ0n) is 13.7. The second-order valence-corrected chi connectivity index (χ2v) is 6.59. The predicted octanol–water partition coefficient (Wildman–Crippen LogP) is 3.89. The maximum absolute atomic E-state index is 12.4. The molecule has 1 aliphatic heterocycles. The van der Waals surface area contributed by atoms with Crippen LogP contribution in [-0.2, 0) is 11.2 Å². The van der Waals surface area contributed by atoms with Gasteiger partial charge in [0.15, 0.2) is 5.76 Å². The molecule has 5 heteroatoms. The van der Waals surface area contributed by atoms with Gasteiger partial charge in [-0.25, -0.2) is 0 Å². The van der Waals surface area contributed by atoms with E-state index in [2.05, 4.69) is 12.1 Å². The first-order valence-electron chi connectivity index (χ1n) is 8.41. The number of furan rings is 1. The highest BCUT2D eigenvalue weighted by molar-refractivity contribution is 5.82. The minimum absolute atomic E-state index is 0.117. The molecule has 0 saturated carbocycles. The fraction of sp³-hybridized carbons (Fsp3) is 0.368. The number of likely N-dealkylation sites (tertiary alicyclic amines) is 1. The Balaban J connectivity index is 1.49. The number of carbonyl (C=O) groups is 1. The molecule has 1 saturated heterocycles. The average molecular weight is 324 g/mol. The Morgan fingerprint density at radius 1 is 1.29 bits per heavy atom. The van der Waals surface area contributed by atoms with Crippen molar-refractivity contribution in [1.29, 1.82) is 0 Å². The van der Waals surface area contributed by atoms with Gasteiger partial charge in [-0.1, -0.05) is 30.3 Å². The van der Waals surface area contributed by atoms with E-state index in [9.17, 15) is 4.79 Å². The summed E-state index contributed by atoms with van der Waals surface area (Å²) >= 11 is 0. The molecule has 0 N–H and O–H groups in total. The van der Waals surface area contributed by atoms with Crippen molar-refractivity contribution in [2.75, 3.05) is 13.1 Å². The summed E-state index contributed by atoms with van der Waals surface area (Å²) in [4.78, 5) is 14.4. The maximum Gasteiger partial charge on any atom is 0.228 e. The summed E-state index contributed by atoms with van der Waals surface area (Å²) in [5, 5.41) is 5.05. The Bertz CT molecular complexity index is 831. The number of rotatable bonds is 3. The van der Waals surface area contributed by atoms with Gasteiger partial charge in [-0.3, -0.25) is 4.79 Å². The van der Waals surface area contributed by atoms with Crippen LogP contribution in [-0.4, -0.2) is 29.1 Å². The van der Waals surface area contributed by atoms with Crippen LogP contribution in [0.4, 0.5) is 0 Å². The number of fused-ring (bicyclic) bond motifs is 1. The lowest BCUT2D eigenvalue weighted by Crippen LogP contribution is -2.39. The Morgan fingerprint density at radius 2 is 2.17 bits per heavy atom. The number of hydrogen-bond acceptors (Lipinski definition) is 4. The zero-order valence-corrected chi connectivity index (χ0v) is 13.7. The molecule has 4 rings (SSSR count). The fourth-order valence-corrected chi connectivity index (χ4v) is 3.30. The molecule has 2 aromatic heterocycles. The molecule has 1 amide bonds. The van der Waals surface area contributed by atoms with Crippen molar-refractivity contribution in [2.45, 2.75) is 26.2 Å². The molecular weight excluding hydrogens is 304 g/mol. The first kappa shape index (κ1) is 15.0. The van der Waals surface area contributed by atoms with Crippen LogP contribution < -0.4 is 0 Å². The molecule has 0 radical (unpaired) electrons. The number of hydrogen-bond donors (Lipinski definition) is 0. The van der Waals surface area contributed by atoms with Gasteiger partial charge < -0.3 is 13.8 Å². The summed E-state index contributed by atoms with van der Waals surface area (Å²) in [6, 6.07) is 11.5. The van der Waals surface area contributed by atoms with E-state index in [1.807, 2.05) is 35.2 Å². The molecule has 3 heterocycles. The summed E-state index contributed by atoms with van der Waals surface area (Å²) in [7, 11) is 0. The second-order valence-electron chi connectivity index (χ2n) is 6.59. The lowest BCUT2D eigenvalue weighted by molar-refractivity contribution is -0.132. The number of nitrogens with zero attached hydrogens (tertiary/aromatic N) is 2. The van der Waals surface area contributed by atoms with E-state index in [0.29, 0.717) is 23.1 Å². The molecule has 0 spiro atoms. The number of carbonyl (C=O) groups excluding carboxylic acids is 1. The minimum Gasteiger partial charge on any atom is -0.453 e. The van der Waals surface area contributed by atoms with Gasteiger partial charge in [-0.05, 0) is 30.9 Å². The summed E-state index contributed by atoms with van der Waals surface area (Å²) in [6.45, 7) is 3.87. The van der Waals surface area contributed by atoms with Gasteiger partial charge in [-0.2, -0.15) is 0 Å². The van der Waals surface area contributed by atoms with Crippen molar-refractivity contribution in [2.24, 2.45) is 5.92 Å². The largest absolute Gasteiger partial charge is 0.453 e. The van der Waals surface area contributed by atoms with Crippen molar-refractivity contribution >= 4 is 16.9 Å². The number of benzene rings is 1. The van der Waals surface area contributed by atoms with Crippen LogP contribution in [0.1, 0.15) is 25.5 Å². The lowest BCUT2D eigenvalue weighted by Gasteiger charge is -2.30. The van der Waals surface area contributed by atoms with Crippen LogP contribution in [0.5, 0.6) is 0 Å². The molecule has 0 bridgehead atoms. The molecule has 24 heavy (non-hydrogen) atoms. The number of para-hydroxylation sites is 1.